The molecule has 0 amide bonds. The summed E-state index contributed by atoms with van der Waals surface area (Å²) in [6.07, 6.45) is 0. The molecule has 1 heterocycles. The van der Waals surface area contributed by atoms with Crippen molar-refractivity contribution < 1.29 is 4.74 Å². The Labute approximate surface area is 91.1 Å². The number of ether oxygens (including phenoxy) is 1. The van der Waals surface area contributed by atoms with Crippen molar-refractivity contribution in [2.45, 2.75) is 4.90 Å². The second-order valence-corrected chi connectivity index (χ2v) is 4.18. The number of thiophene rings is 1. The number of fused-ring (bicyclic) bond motifs is 1. The smallest absolute Gasteiger partial charge is 0.150 e. The molecule has 0 radical (unpaired) electrons. The molecular weight excluding hydrogens is 214 g/mol. The van der Waals surface area contributed by atoms with Gasteiger partial charge in [0.25, 0.3) is 0 Å². The fourth-order valence-corrected chi connectivity index (χ4v) is 2.65. The van der Waals surface area contributed by atoms with Crippen LogP contribution in [0.3, 0.4) is 0 Å². The van der Waals surface area contributed by atoms with E-state index in [0.717, 1.165) is 10.1 Å². The van der Waals surface area contributed by atoms with E-state index in [4.69, 9.17) is 10.00 Å². The first-order valence-corrected chi connectivity index (χ1v) is 5.28. The first kappa shape index (κ1) is 9.38. The number of rotatable bonds is 1. The maximum atomic E-state index is 9.03. The number of nitrogens with zero attached hydrogens (tertiary/aromatic N) is 1. The van der Waals surface area contributed by atoms with Gasteiger partial charge in [0.2, 0.25) is 0 Å². The lowest BCUT2D eigenvalue weighted by atomic mass is 10.1. The summed E-state index contributed by atoms with van der Waals surface area (Å²) in [7, 11) is 1.55. The molecule has 0 aliphatic rings. The highest BCUT2D eigenvalue weighted by Crippen LogP contribution is 2.35. The van der Waals surface area contributed by atoms with Crippen molar-refractivity contribution in [1.82, 2.24) is 0 Å². The van der Waals surface area contributed by atoms with Gasteiger partial charge in [-0.05, 0) is 17.5 Å². The van der Waals surface area contributed by atoms with Crippen LogP contribution in [0.2, 0.25) is 0 Å². The van der Waals surface area contributed by atoms with Crippen LogP contribution in [0.25, 0.3) is 10.1 Å². The van der Waals surface area contributed by atoms with Crippen LogP contribution in [0.15, 0.2) is 22.4 Å². The Kier molecular flexibility index (Phi) is 2.36. The molecule has 0 saturated heterocycles. The van der Waals surface area contributed by atoms with Gasteiger partial charge in [-0.15, -0.1) is 24.0 Å². The molecule has 0 unspecified atom stereocenters. The van der Waals surface area contributed by atoms with Gasteiger partial charge in [0, 0.05) is 15.0 Å². The highest BCUT2D eigenvalue weighted by atomic mass is 32.1. The van der Waals surface area contributed by atoms with E-state index in [1.165, 1.54) is 0 Å². The Balaban J connectivity index is 2.91. The summed E-state index contributed by atoms with van der Waals surface area (Å²) >= 11 is 5.88. The molecule has 70 valence electrons. The molecule has 0 N–H and O–H groups in total. The lowest BCUT2D eigenvalue weighted by Gasteiger charge is -2.06. The van der Waals surface area contributed by atoms with Crippen LogP contribution in [0.1, 0.15) is 5.56 Å². The molecule has 0 aliphatic carbocycles. The average Bonchev–Trinajstić information content (AvgIpc) is 2.62. The average molecular weight is 221 g/mol. The number of hydrogen-bond donors (Lipinski definition) is 1. The Morgan fingerprint density at radius 2 is 2.36 bits per heavy atom. The summed E-state index contributed by atoms with van der Waals surface area (Å²) in [6, 6.07) is 5.99. The SMILES string of the molecule is COc1c(S)cc2sccc2c1C#N. The van der Waals surface area contributed by atoms with E-state index in [1.807, 2.05) is 17.5 Å². The molecule has 2 rings (SSSR count). The molecule has 1 aromatic heterocycles. The normalized spacial score (nSPS) is 10.1. The highest BCUT2D eigenvalue weighted by Gasteiger charge is 2.12. The zero-order valence-electron chi connectivity index (χ0n) is 7.44. The van der Waals surface area contributed by atoms with Crippen molar-refractivity contribution in [1.29, 1.82) is 5.26 Å². The van der Waals surface area contributed by atoms with Gasteiger partial charge < -0.3 is 4.74 Å². The Morgan fingerprint density at radius 1 is 1.57 bits per heavy atom. The lowest BCUT2D eigenvalue weighted by Crippen LogP contribution is -1.89. The molecule has 0 bridgehead atoms. The minimum absolute atomic E-state index is 0.557. The second-order valence-electron chi connectivity index (χ2n) is 2.75. The van der Waals surface area contributed by atoms with E-state index >= 15 is 0 Å². The lowest BCUT2D eigenvalue weighted by molar-refractivity contribution is 0.404. The summed E-state index contributed by atoms with van der Waals surface area (Å²) in [5.74, 6) is 0.557. The fourth-order valence-electron chi connectivity index (χ4n) is 1.40. The molecule has 0 fully saturated rings. The van der Waals surface area contributed by atoms with E-state index in [2.05, 4.69) is 18.7 Å². The van der Waals surface area contributed by atoms with Crippen molar-refractivity contribution in [3.63, 3.8) is 0 Å². The minimum Gasteiger partial charge on any atom is -0.494 e. The van der Waals surface area contributed by atoms with E-state index in [-0.39, 0.29) is 0 Å². The summed E-state index contributed by atoms with van der Waals surface area (Å²) in [6.45, 7) is 0. The maximum Gasteiger partial charge on any atom is 0.150 e. The molecule has 0 atom stereocenters. The van der Waals surface area contributed by atoms with Gasteiger partial charge in [0.05, 0.1) is 7.11 Å². The van der Waals surface area contributed by atoms with Crippen LogP contribution in [0.5, 0.6) is 5.75 Å². The molecular formula is C10H7NOS2. The molecule has 0 spiro atoms. The van der Waals surface area contributed by atoms with E-state index in [0.29, 0.717) is 16.2 Å². The quantitative estimate of drug-likeness (QED) is 0.751. The molecule has 1 aromatic carbocycles. The molecule has 0 saturated carbocycles. The summed E-state index contributed by atoms with van der Waals surface area (Å²) in [4.78, 5) is 0.707. The van der Waals surface area contributed by atoms with Crippen LogP contribution in [0.4, 0.5) is 0 Å². The number of benzene rings is 1. The summed E-state index contributed by atoms with van der Waals surface area (Å²) in [5.41, 5.74) is 0.566. The van der Waals surface area contributed by atoms with Gasteiger partial charge in [-0.2, -0.15) is 5.26 Å². The number of methoxy groups -OCH3 is 1. The third-order valence-corrected chi connectivity index (χ3v) is 3.20. The van der Waals surface area contributed by atoms with E-state index < -0.39 is 0 Å². The first-order chi connectivity index (χ1) is 6.77. The predicted molar refractivity (Wildman–Crippen MR) is 60.3 cm³/mol. The number of thiol groups is 1. The van der Waals surface area contributed by atoms with Crippen molar-refractivity contribution in [3.05, 3.63) is 23.1 Å². The number of hydrogen-bond acceptors (Lipinski definition) is 4. The largest absolute Gasteiger partial charge is 0.494 e. The van der Waals surface area contributed by atoms with Gasteiger partial charge in [-0.25, -0.2) is 0 Å². The van der Waals surface area contributed by atoms with Gasteiger partial charge in [0.1, 0.15) is 11.6 Å². The Bertz CT molecular complexity index is 525. The van der Waals surface area contributed by atoms with Crippen molar-refractivity contribution in [2.24, 2.45) is 0 Å². The minimum atomic E-state index is 0.557. The van der Waals surface area contributed by atoms with E-state index in [9.17, 15) is 0 Å². The zero-order chi connectivity index (χ0) is 10.1. The maximum absolute atomic E-state index is 9.03. The molecule has 2 aromatic rings. The molecule has 0 aliphatic heterocycles. The zero-order valence-corrected chi connectivity index (χ0v) is 9.15. The van der Waals surface area contributed by atoms with Crippen LogP contribution in [0, 0.1) is 11.3 Å². The molecule has 2 nitrogen and oxygen atoms in total. The van der Waals surface area contributed by atoms with Gasteiger partial charge >= 0.3 is 0 Å². The molecule has 4 heteroatoms. The van der Waals surface area contributed by atoms with Crippen LogP contribution in [-0.4, -0.2) is 7.11 Å². The van der Waals surface area contributed by atoms with Gasteiger partial charge in [-0.3, -0.25) is 0 Å². The van der Waals surface area contributed by atoms with Crippen LogP contribution >= 0.6 is 24.0 Å². The predicted octanol–water partition coefficient (Wildman–Crippen LogP) is 3.07. The summed E-state index contributed by atoms with van der Waals surface area (Å²) < 4.78 is 6.21. The molecule has 14 heavy (non-hydrogen) atoms. The highest BCUT2D eigenvalue weighted by molar-refractivity contribution is 7.80. The van der Waals surface area contributed by atoms with Crippen molar-refractivity contribution in [3.8, 4) is 11.8 Å². The third kappa shape index (κ3) is 1.26. The topological polar surface area (TPSA) is 33.0 Å². The number of nitriles is 1. The van der Waals surface area contributed by atoms with Crippen LogP contribution in [-0.2, 0) is 0 Å². The second kappa shape index (κ2) is 3.52. The van der Waals surface area contributed by atoms with E-state index in [1.54, 1.807) is 18.4 Å². The van der Waals surface area contributed by atoms with Gasteiger partial charge in [0.15, 0.2) is 5.75 Å². The standard InChI is InChI=1S/C10H7NOS2/c1-12-10-7(5-11)6-2-3-14-9(6)4-8(10)13/h2-4,13H,1H3. The Morgan fingerprint density at radius 3 is 3.00 bits per heavy atom. The van der Waals surface area contributed by atoms with Crippen molar-refractivity contribution >= 4 is 34.1 Å². The van der Waals surface area contributed by atoms with Crippen LogP contribution < -0.4 is 4.74 Å². The Hall–Kier alpha value is -1.18. The fraction of sp³-hybridized carbons (Fsp3) is 0.100. The van der Waals surface area contributed by atoms with Crippen molar-refractivity contribution in [2.75, 3.05) is 7.11 Å². The van der Waals surface area contributed by atoms with Gasteiger partial charge in [-0.1, -0.05) is 0 Å². The first-order valence-electron chi connectivity index (χ1n) is 3.95. The monoisotopic (exact) mass is 221 g/mol. The third-order valence-electron chi connectivity index (χ3n) is 2.01. The summed E-state index contributed by atoms with van der Waals surface area (Å²) in [5, 5.41) is 11.9.